The number of fused-ring (bicyclic) bond motifs is 1. The zero-order valence-electron chi connectivity index (χ0n) is 17.6. The largest absolute Gasteiger partial charge is 0.464 e. The number of nitrogens with two attached hydrogens (primary N) is 1. The van der Waals surface area contributed by atoms with Gasteiger partial charge in [0.05, 0.1) is 13.2 Å². The topological polar surface area (TPSA) is 185 Å². The maximum absolute atomic E-state index is 13.0. The summed E-state index contributed by atoms with van der Waals surface area (Å²) < 4.78 is 5.57. The Bertz CT molecular complexity index is 1230. The molecule has 2 aliphatic rings. The first-order chi connectivity index (χ1) is 16.3. The summed E-state index contributed by atoms with van der Waals surface area (Å²) in [7, 11) is 2.94. The van der Waals surface area contributed by atoms with Gasteiger partial charge in [0, 0.05) is 12.0 Å². The summed E-state index contributed by atoms with van der Waals surface area (Å²) in [5.41, 5.74) is 5.12. The van der Waals surface area contributed by atoms with Gasteiger partial charge < -0.3 is 26.3 Å². The highest BCUT2D eigenvalue weighted by Gasteiger charge is 2.54. The SMILES string of the molecule is CNc1nnc(SC2=C(C(=O)OC)N3C(=O)[C@@H](NC(=O)/C(=N\O)c4nc(N)sc4Cl)[C@H]3CC2)s1. The van der Waals surface area contributed by atoms with Crippen LogP contribution in [0, 0.1) is 0 Å². The summed E-state index contributed by atoms with van der Waals surface area (Å²) in [6.07, 6.45) is 0.910. The highest BCUT2D eigenvalue weighted by molar-refractivity contribution is 8.04. The van der Waals surface area contributed by atoms with Crippen molar-refractivity contribution in [1.29, 1.82) is 0 Å². The first-order valence-electron chi connectivity index (χ1n) is 9.57. The number of carbonyl (C=O) groups excluding carboxylic acids is 3. The van der Waals surface area contributed by atoms with E-state index in [4.69, 9.17) is 22.1 Å². The van der Waals surface area contributed by atoms with Gasteiger partial charge in [-0.25, -0.2) is 9.78 Å². The van der Waals surface area contributed by atoms with Crippen molar-refractivity contribution in [3.05, 3.63) is 20.6 Å². The second-order valence-electron chi connectivity index (χ2n) is 6.88. The highest BCUT2D eigenvalue weighted by atomic mass is 35.5. The summed E-state index contributed by atoms with van der Waals surface area (Å²) in [5, 5.41) is 26.5. The lowest BCUT2D eigenvalue weighted by atomic mass is 9.86. The van der Waals surface area contributed by atoms with Gasteiger partial charge in [-0.3, -0.25) is 14.5 Å². The van der Waals surface area contributed by atoms with Crippen molar-refractivity contribution in [2.45, 2.75) is 29.3 Å². The number of methoxy groups -OCH3 is 1. The van der Waals surface area contributed by atoms with Crippen molar-refractivity contribution in [2.75, 3.05) is 25.2 Å². The molecule has 34 heavy (non-hydrogen) atoms. The van der Waals surface area contributed by atoms with E-state index in [9.17, 15) is 19.6 Å². The molecule has 0 bridgehead atoms. The number of oxime groups is 1. The minimum absolute atomic E-state index is 0.0652. The van der Waals surface area contributed by atoms with Crippen molar-refractivity contribution in [3.8, 4) is 0 Å². The minimum Gasteiger partial charge on any atom is -0.464 e. The molecule has 4 heterocycles. The van der Waals surface area contributed by atoms with Gasteiger partial charge in [-0.15, -0.1) is 10.2 Å². The maximum atomic E-state index is 13.0. The molecular weight excluding hydrogens is 528 g/mol. The predicted molar refractivity (Wildman–Crippen MR) is 126 cm³/mol. The van der Waals surface area contributed by atoms with Gasteiger partial charge in [0.15, 0.2) is 15.2 Å². The second-order valence-corrected chi connectivity index (χ2v) is 10.8. The van der Waals surface area contributed by atoms with Gasteiger partial charge in [-0.1, -0.05) is 51.2 Å². The van der Waals surface area contributed by atoms with E-state index in [-0.39, 0.29) is 20.9 Å². The lowest BCUT2D eigenvalue weighted by Crippen LogP contribution is -2.72. The molecule has 2 aromatic rings. The van der Waals surface area contributed by atoms with Crippen molar-refractivity contribution in [1.82, 2.24) is 25.4 Å². The molecule has 0 radical (unpaired) electrons. The molecule has 0 aliphatic carbocycles. The van der Waals surface area contributed by atoms with Crippen LogP contribution >= 0.6 is 46.0 Å². The number of amides is 2. The summed E-state index contributed by atoms with van der Waals surface area (Å²) in [6.45, 7) is 0. The molecule has 0 spiro atoms. The van der Waals surface area contributed by atoms with Crippen LogP contribution in [-0.2, 0) is 19.1 Å². The molecule has 5 N–H and O–H groups in total. The number of nitrogen functional groups attached to an aromatic ring is 1. The molecule has 0 aromatic carbocycles. The molecule has 2 amide bonds. The van der Waals surface area contributed by atoms with Gasteiger partial charge in [0.1, 0.15) is 21.8 Å². The number of ether oxygens (including phenoxy) is 1. The van der Waals surface area contributed by atoms with Gasteiger partial charge in [0.2, 0.25) is 5.13 Å². The molecular formula is C17H17ClN8O5S3. The number of β-lactam (4-membered cyclic amide) rings is 1. The molecule has 17 heteroatoms. The van der Waals surface area contributed by atoms with Crippen molar-refractivity contribution < 1.29 is 24.3 Å². The Morgan fingerprint density at radius 2 is 2.15 bits per heavy atom. The average molecular weight is 545 g/mol. The minimum atomic E-state index is -0.942. The van der Waals surface area contributed by atoms with E-state index < -0.39 is 35.6 Å². The molecule has 1 saturated heterocycles. The van der Waals surface area contributed by atoms with E-state index in [0.717, 1.165) is 11.3 Å². The summed E-state index contributed by atoms with van der Waals surface area (Å²) >= 11 is 9.46. The number of thioether (sulfide) groups is 1. The molecule has 2 atom stereocenters. The fraction of sp³-hybridized carbons (Fsp3) is 0.353. The zero-order valence-corrected chi connectivity index (χ0v) is 20.8. The Kier molecular flexibility index (Phi) is 6.92. The van der Waals surface area contributed by atoms with Crippen LogP contribution < -0.4 is 16.4 Å². The lowest BCUT2D eigenvalue weighted by Gasteiger charge is -2.50. The van der Waals surface area contributed by atoms with Crippen LogP contribution in [0.4, 0.5) is 10.3 Å². The number of halogens is 1. The van der Waals surface area contributed by atoms with Crippen LogP contribution in [0.15, 0.2) is 20.1 Å². The third kappa shape index (κ3) is 4.28. The number of esters is 1. The van der Waals surface area contributed by atoms with E-state index >= 15 is 0 Å². The highest BCUT2D eigenvalue weighted by Crippen LogP contribution is 2.44. The number of anilines is 2. The summed E-state index contributed by atoms with van der Waals surface area (Å²) in [6, 6.07) is -1.43. The fourth-order valence-corrected chi connectivity index (χ4v) is 6.40. The maximum Gasteiger partial charge on any atom is 0.355 e. The number of rotatable bonds is 7. The first kappa shape index (κ1) is 24.2. The van der Waals surface area contributed by atoms with Crippen LogP contribution in [0.5, 0.6) is 0 Å². The number of hydrogen-bond acceptors (Lipinski definition) is 14. The number of aromatic nitrogens is 3. The number of nitrogens with zero attached hydrogens (tertiary/aromatic N) is 5. The zero-order chi connectivity index (χ0) is 24.6. The molecule has 4 rings (SSSR count). The molecule has 180 valence electrons. The molecule has 2 aromatic heterocycles. The Morgan fingerprint density at radius 1 is 1.38 bits per heavy atom. The lowest BCUT2D eigenvalue weighted by molar-refractivity contribution is -0.156. The number of allylic oxidation sites excluding steroid dienone is 1. The van der Waals surface area contributed by atoms with Crippen molar-refractivity contribution in [2.24, 2.45) is 5.16 Å². The molecule has 13 nitrogen and oxygen atoms in total. The smallest absolute Gasteiger partial charge is 0.355 e. The van der Waals surface area contributed by atoms with E-state index in [1.165, 1.54) is 35.1 Å². The summed E-state index contributed by atoms with van der Waals surface area (Å²) in [4.78, 5) is 44.1. The standard InChI is InChI=1S/C17H17ClN8O5S3/c1-20-16-23-24-17(34-16)32-6-4-3-5-7(13(28)26(5)10(6)14(29)31-2)21-12(27)9(25-30)8-11(18)33-15(19)22-8/h5,7,30H,3-4H2,1-2H3,(H2,19,22)(H,20,23)(H,21,27)/b25-9-/t5-,7+/m1/s1. The Hall–Kier alpha value is -2.95. The average Bonchev–Trinajstić information content (AvgIpc) is 3.42. The predicted octanol–water partition coefficient (Wildman–Crippen LogP) is 1.12. The third-order valence-electron chi connectivity index (χ3n) is 5.03. The number of nitrogens with one attached hydrogen (secondary N) is 2. The van der Waals surface area contributed by atoms with Gasteiger partial charge in [-0.05, 0) is 12.8 Å². The quantitative estimate of drug-likeness (QED) is 0.129. The van der Waals surface area contributed by atoms with Crippen LogP contribution in [0.3, 0.4) is 0 Å². The first-order valence-corrected chi connectivity index (χ1v) is 12.4. The van der Waals surface area contributed by atoms with Gasteiger partial charge in [-0.2, -0.15) is 0 Å². The third-order valence-corrected chi connectivity index (χ3v) is 8.25. The Labute approximate surface area is 209 Å². The van der Waals surface area contributed by atoms with E-state index in [1.807, 2.05) is 0 Å². The number of carbonyl (C=O) groups is 3. The van der Waals surface area contributed by atoms with Crippen LogP contribution in [0.2, 0.25) is 4.34 Å². The Morgan fingerprint density at radius 3 is 2.74 bits per heavy atom. The van der Waals surface area contributed by atoms with Crippen LogP contribution in [0.25, 0.3) is 0 Å². The monoisotopic (exact) mass is 544 g/mol. The fourth-order valence-electron chi connectivity index (χ4n) is 3.54. The molecule has 0 unspecified atom stereocenters. The number of thiazole rings is 1. The molecule has 2 aliphatic heterocycles. The number of hydrogen-bond donors (Lipinski definition) is 4. The normalized spacial score (nSPS) is 20.0. The van der Waals surface area contributed by atoms with Gasteiger partial charge >= 0.3 is 5.97 Å². The molecule has 1 fully saturated rings. The van der Waals surface area contributed by atoms with Crippen LogP contribution in [0.1, 0.15) is 18.5 Å². The van der Waals surface area contributed by atoms with Crippen LogP contribution in [-0.4, -0.2) is 75.0 Å². The second kappa shape index (κ2) is 9.73. The van der Waals surface area contributed by atoms with Crippen molar-refractivity contribution in [3.63, 3.8) is 0 Å². The van der Waals surface area contributed by atoms with Crippen molar-refractivity contribution >= 4 is 79.8 Å². The van der Waals surface area contributed by atoms with E-state index in [2.05, 4.69) is 31.0 Å². The van der Waals surface area contributed by atoms with E-state index in [1.54, 1.807) is 7.05 Å². The Balaban J connectivity index is 1.54. The van der Waals surface area contributed by atoms with E-state index in [0.29, 0.717) is 27.2 Å². The summed E-state index contributed by atoms with van der Waals surface area (Å²) in [5.74, 6) is -2.04. The van der Waals surface area contributed by atoms with Gasteiger partial charge in [0.25, 0.3) is 11.8 Å². The molecule has 0 saturated carbocycles.